The molecule has 0 aliphatic carbocycles. The molecule has 0 spiro atoms. The molecule has 0 saturated carbocycles. The standard InChI is InChI=1S/C4H6O4S2/c5-3(6)1-9-10-2-4(7)8/h1-2H2,(H,5,6)(H,7,8). The van der Waals surface area contributed by atoms with Crippen LogP contribution in [0.25, 0.3) is 0 Å². The van der Waals surface area contributed by atoms with Gasteiger partial charge >= 0.3 is 11.9 Å². The Morgan fingerprint density at radius 1 is 1.00 bits per heavy atom. The Kier molecular flexibility index (Phi) is 5.23. The highest BCUT2D eigenvalue weighted by Gasteiger charge is 2.00. The molecule has 0 amide bonds. The molecule has 4 nitrogen and oxygen atoms in total. The first-order valence-electron chi connectivity index (χ1n) is 2.31. The average molecular weight is 182 g/mol. The second-order valence-corrected chi connectivity index (χ2v) is 3.77. The fourth-order valence-corrected chi connectivity index (χ4v) is 1.66. The van der Waals surface area contributed by atoms with E-state index in [0.29, 0.717) is 0 Å². The first-order valence-corrected chi connectivity index (χ1v) is 4.79. The number of carbonyl (C=O) groups is 2. The van der Waals surface area contributed by atoms with Gasteiger partial charge in [0, 0.05) is 0 Å². The molecule has 10 heavy (non-hydrogen) atoms. The van der Waals surface area contributed by atoms with Crippen LogP contribution in [0.3, 0.4) is 0 Å². The quantitative estimate of drug-likeness (QED) is 0.477. The van der Waals surface area contributed by atoms with Crippen LogP contribution in [-0.2, 0) is 9.59 Å². The van der Waals surface area contributed by atoms with Crippen LogP contribution in [0, 0.1) is 0 Å². The van der Waals surface area contributed by atoms with E-state index in [1.807, 2.05) is 0 Å². The summed E-state index contributed by atoms with van der Waals surface area (Å²) in [6.07, 6.45) is 0. The summed E-state index contributed by atoms with van der Waals surface area (Å²) < 4.78 is 0. The highest BCUT2D eigenvalue weighted by molar-refractivity contribution is 8.77. The molecule has 0 unspecified atom stereocenters. The van der Waals surface area contributed by atoms with Crippen molar-refractivity contribution in [3.05, 3.63) is 0 Å². The Labute approximate surface area is 65.4 Å². The Bertz CT molecular complexity index is 119. The predicted molar refractivity (Wildman–Crippen MR) is 40.2 cm³/mol. The largest absolute Gasteiger partial charge is 0.481 e. The van der Waals surface area contributed by atoms with Crippen molar-refractivity contribution in [2.75, 3.05) is 11.5 Å². The smallest absolute Gasteiger partial charge is 0.314 e. The van der Waals surface area contributed by atoms with Crippen LogP contribution in [0.15, 0.2) is 0 Å². The van der Waals surface area contributed by atoms with E-state index in [9.17, 15) is 9.59 Å². The van der Waals surface area contributed by atoms with Crippen molar-refractivity contribution in [3.63, 3.8) is 0 Å². The maximum absolute atomic E-state index is 9.86. The number of carboxylic acid groups (broad SMARTS) is 2. The van der Waals surface area contributed by atoms with Crippen LogP contribution in [0.1, 0.15) is 0 Å². The first-order chi connectivity index (χ1) is 4.63. The normalized spacial score (nSPS) is 9.20. The van der Waals surface area contributed by atoms with Gasteiger partial charge in [0.05, 0.1) is 0 Å². The first kappa shape index (κ1) is 9.64. The van der Waals surface area contributed by atoms with Crippen molar-refractivity contribution in [3.8, 4) is 0 Å². The highest BCUT2D eigenvalue weighted by atomic mass is 33.1. The summed E-state index contributed by atoms with van der Waals surface area (Å²) in [4.78, 5) is 19.7. The van der Waals surface area contributed by atoms with E-state index in [-0.39, 0.29) is 11.5 Å². The third kappa shape index (κ3) is 7.64. The SMILES string of the molecule is O=C(O)CSSCC(=O)O. The van der Waals surface area contributed by atoms with Crippen molar-refractivity contribution in [2.24, 2.45) is 0 Å². The van der Waals surface area contributed by atoms with Crippen LogP contribution in [0.2, 0.25) is 0 Å². The zero-order valence-electron chi connectivity index (χ0n) is 4.94. The summed E-state index contributed by atoms with van der Waals surface area (Å²) in [6.45, 7) is 0. The van der Waals surface area contributed by atoms with Gasteiger partial charge in [0.1, 0.15) is 11.5 Å². The van der Waals surface area contributed by atoms with Crippen LogP contribution >= 0.6 is 21.6 Å². The fourth-order valence-electron chi connectivity index (χ4n) is 0.184. The number of rotatable bonds is 5. The Morgan fingerprint density at radius 3 is 1.50 bits per heavy atom. The van der Waals surface area contributed by atoms with E-state index in [0.717, 1.165) is 21.6 Å². The Morgan fingerprint density at radius 2 is 1.30 bits per heavy atom. The van der Waals surface area contributed by atoms with Crippen molar-refractivity contribution in [1.82, 2.24) is 0 Å². The zero-order chi connectivity index (χ0) is 7.98. The van der Waals surface area contributed by atoms with Gasteiger partial charge in [-0.25, -0.2) is 0 Å². The number of hydrogen-bond donors (Lipinski definition) is 2. The number of hydrogen-bond acceptors (Lipinski definition) is 4. The Balaban J connectivity index is 3.06. The van der Waals surface area contributed by atoms with Gasteiger partial charge in [-0.2, -0.15) is 0 Å². The van der Waals surface area contributed by atoms with E-state index in [2.05, 4.69) is 0 Å². The van der Waals surface area contributed by atoms with Crippen molar-refractivity contribution in [1.29, 1.82) is 0 Å². The fraction of sp³-hybridized carbons (Fsp3) is 0.500. The van der Waals surface area contributed by atoms with Crippen LogP contribution in [0.4, 0.5) is 0 Å². The summed E-state index contributed by atoms with van der Waals surface area (Å²) >= 11 is 0. The minimum atomic E-state index is -0.928. The topological polar surface area (TPSA) is 74.6 Å². The lowest BCUT2D eigenvalue weighted by molar-refractivity contribution is -0.135. The molecule has 58 valence electrons. The molecule has 0 aliphatic rings. The van der Waals surface area contributed by atoms with Crippen LogP contribution < -0.4 is 0 Å². The lowest BCUT2D eigenvalue weighted by Gasteiger charge is -1.91. The molecule has 0 rings (SSSR count). The average Bonchev–Trinajstić information content (AvgIpc) is 1.79. The summed E-state index contributed by atoms with van der Waals surface area (Å²) in [6, 6.07) is 0. The molecule has 0 fully saturated rings. The zero-order valence-corrected chi connectivity index (χ0v) is 6.57. The van der Waals surface area contributed by atoms with E-state index in [1.54, 1.807) is 0 Å². The van der Waals surface area contributed by atoms with Crippen molar-refractivity contribution >= 4 is 33.5 Å². The van der Waals surface area contributed by atoms with Gasteiger partial charge in [0.15, 0.2) is 0 Å². The molecular weight excluding hydrogens is 176 g/mol. The molecule has 0 radical (unpaired) electrons. The molecule has 0 atom stereocenters. The van der Waals surface area contributed by atoms with Gasteiger partial charge in [-0.05, 0) is 0 Å². The van der Waals surface area contributed by atoms with E-state index < -0.39 is 11.9 Å². The molecule has 0 aliphatic heterocycles. The minimum absolute atomic E-state index is 0.0576. The molecular formula is C4H6O4S2. The molecule has 2 N–H and O–H groups in total. The number of carboxylic acids is 2. The molecule has 0 aromatic carbocycles. The summed E-state index contributed by atoms with van der Waals surface area (Å²) in [7, 11) is 2.05. The van der Waals surface area contributed by atoms with Crippen molar-refractivity contribution < 1.29 is 19.8 Å². The van der Waals surface area contributed by atoms with Gasteiger partial charge in [0.25, 0.3) is 0 Å². The monoisotopic (exact) mass is 182 g/mol. The molecule has 0 heterocycles. The predicted octanol–water partition coefficient (Wildman–Crippen LogP) is 0.537. The second kappa shape index (κ2) is 5.43. The van der Waals surface area contributed by atoms with Gasteiger partial charge in [-0.1, -0.05) is 21.6 Å². The lowest BCUT2D eigenvalue weighted by atomic mass is 10.8. The third-order valence-electron chi connectivity index (χ3n) is 0.448. The minimum Gasteiger partial charge on any atom is -0.481 e. The summed E-state index contributed by atoms with van der Waals surface area (Å²) in [5, 5.41) is 16.2. The van der Waals surface area contributed by atoms with E-state index in [4.69, 9.17) is 10.2 Å². The molecule has 6 heteroatoms. The third-order valence-corrected chi connectivity index (χ3v) is 2.55. The molecule has 0 aromatic heterocycles. The number of aliphatic carboxylic acids is 2. The summed E-state index contributed by atoms with van der Waals surface area (Å²) in [5.74, 6) is -1.97. The van der Waals surface area contributed by atoms with Gasteiger partial charge in [0.2, 0.25) is 0 Å². The van der Waals surface area contributed by atoms with Crippen LogP contribution in [0.5, 0.6) is 0 Å². The maximum atomic E-state index is 9.86. The molecule has 0 bridgehead atoms. The van der Waals surface area contributed by atoms with E-state index in [1.165, 1.54) is 0 Å². The van der Waals surface area contributed by atoms with Crippen LogP contribution in [-0.4, -0.2) is 33.7 Å². The highest BCUT2D eigenvalue weighted by Crippen LogP contribution is 2.19. The lowest BCUT2D eigenvalue weighted by Crippen LogP contribution is -1.99. The summed E-state index contributed by atoms with van der Waals surface area (Å²) in [5.41, 5.74) is 0. The van der Waals surface area contributed by atoms with Crippen molar-refractivity contribution in [2.45, 2.75) is 0 Å². The van der Waals surface area contributed by atoms with Gasteiger partial charge in [-0.15, -0.1) is 0 Å². The second-order valence-electron chi connectivity index (χ2n) is 1.31. The van der Waals surface area contributed by atoms with Gasteiger partial charge in [-0.3, -0.25) is 9.59 Å². The van der Waals surface area contributed by atoms with Gasteiger partial charge < -0.3 is 10.2 Å². The Hall–Kier alpha value is -0.360. The molecule has 0 aromatic rings. The van der Waals surface area contributed by atoms with E-state index >= 15 is 0 Å². The maximum Gasteiger partial charge on any atom is 0.314 e. The molecule has 0 saturated heterocycles.